The number of nitrogens with zero attached hydrogens (tertiary/aromatic N) is 3. The molecule has 6 nitrogen and oxygen atoms in total. The molecule has 0 radical (unpaired) electrons. The highest BCUT2D eigenvalue weighted by atomic mass is 19.4. The molecule has 0 saturated heterocycles. The lowest BCUT2D eigenvalue weighted by molar-refractivity contribution is -0.384. The number of imidazole rings is 1. The number of benzene rings is 2. The van der Waals surface area contributed by atoms with E-state index >= 15 is 0 Å². The molecule has 1 N–H and O–H groups in total. The number of hydrogen-bond donors (Lipinski definition) is 1. The Morgan fingerprint density at radius 2 is 1.89 bits per heavy atom. The Balaban J connectivity index is 1.74. The van der Waals surface area contributed by atoms with Gasteiger partial charge in [0, 0.05) is 31.3 Å². The zero-order valence-electron chi connectivity index (χ0n) is 14.2. The van der Waals surface area contributed by atoms with Gasteiger partial charge in [-0.2, -0.15) is 13.2 Å². The van der Waals surface area contributed by atoms with Crippen molar-refractivity contribution in [1.82, 2.24) is 9.55 Å². The second-order valence-electron chi connectivity index (χ2n) is 5.88. The monoisotopic (exact) mass is 376 g/mol. The number of nitrogens with one attached hydrogen (secondary N) is 1. The summed E-state index contributed by atoms with van der Waals surface area (Å²) in [6.45, 7) is 0.289. The van der Waals surface area contributed by atoms with Gasteiger partial charge < -0.3 is 9.88 Å². The number of halogens is 3. The summed E-state index contributed by atoms with van der Waals surface area (Å²) in [4.78, 5) is 14.7. The van der Waals surface area contributed by atoms with Crippen LogP contribution in [0.2, 0.25) is 0 Å². The Labute approximate surface area is 152 Å². The topological polar surface area (TPSA) is 73.0 Å². The number of aromatic nitrogens is 2. The Kier molecular flexibility index (Phi) is 4.85. The Hall–Kier alpha value is -3.36. The fraction of sp³-hybridized carbons (Fsp3) is 0.167. The van der Waals surface area contributed by atoms with E-state index in [1.165, 1.54) is 24.3 Å². The highest BCUT2D eigenvalue weighted by Gasteiger charge is 2.29. The molecule has 27 heavy (non-hydrogen) atoms. The van der Waals surface area contributed by atoms with Crippen LogP contribution in [-0.4, -0.2) is 14.5 Å². The maximum Gasteiger partial charge on any atom is 0.416 e. The van der Waals surface area contributed by atoms with Crippen molar-refractivity contribution in [3.8, 4) is 11.3 Å². The molecule has 0 bridgehead atoms. The first kappa shape index (κ1) is 18.4. The van der Waals surface area contributed by atoms with Crippen LogP contribution in [0.3, 0.4) is 0 Å². The van der Waals surface area contributed by atoms with Crippen LogP contribution in [0.4, 0.5) is 24.8 Å². The average Bonchev–Trinajstić information content (AvgIpc) is 3.00. The van der Waals surface area contributed by atoms with Crippen LogP contribution in [0.1, 0.15) is 11.1 Å². The van der Waals surface area contributed by atoms with Crippen molar-refractivity contribution in [1.29, 1.82) is 0 Å². The molecule has 3 aromatic rings. The first-order valence-corrected chi connectivity index (χ1v) is 7.92. The molecule has 1 aromatic heterocycles. The number of anilines is 1. The van der Waals surface area contributed by atoms with E-state index in [1.807, 2.05) is 0 Å². The molecular formula is C18H15F3N4O2. The van der Waals surface area contributed by atoms with Crippen LogP contribution in [0.15, 0.2) is 54.7 Å². The molecule has 1 heterocycles. The van der Waals surface area contributed by atoms with E-state index in [2.05, 4.69) is 10.3 Å². The predicted octanol–water partition coefficient (Wildman–Crippen LogP) is 4.63. The number of non-ortho nitro benzene ring substituents is 1. The number of rotatable bonds is 5. The molecule has 0 aliphatic carbocycles. The van der Waals surface area contributed by atoms with Gasteiger partial charge >= 0.3 is 6.18 Å². The highest BCUT2D eigenvalue weighted by Crippen LogP contribution is 2.29. The number of alkyl halides is 3. The molecule has 0 unspecified atom stereocenters. The normalized spacial score (nSPS) is 11.4. The molecule has 0 saturated carbocycles. The molecule has 0 atom stereocenters. The van der Waals surface area contributed by atoms with Crippen molar-refractivity contribution in [3.63, 3.8) is 0 Å². The summed E-state index contributed by atoms with van der Waals surface area (Å²) < 4.78 is 39.5. The van der Waals surface area contributed by atoms with E-state index in [4.69, 9.17) is 0 Å². The number of nitro groups is 1. The summed E-state index contributed by atoms with van der Waals surface area (Å²) in [7, 11) is 1.75. The summed E-state index contributed by atoms with van der Waals surface area (Å²) in [5.74, 6) is 0.497. The average molecular weight is 376 g/mol. The molecule has 0 aliphatic heterocycles. The molecule has 0 spiro atoms. The zero-order chi connectivity index (χ0) is 19.6. The third-order valence-corrected chi connectivity index (χ3v) is 4.07. The van der Waals surface area contributed by atoms with E-state index < -0.39 is 16.7 Å². The Morgan fingerprint density at radius 3 is 2.52 bits per heavy atom. The number of hydrogen-bond acceptors (Lipinski definition) is 4. The third-order valence-electron chi connectivity index (χ3n) is 4.07. The molecular weight excluding hydrogens is 361 g/mol. The van der Waals surface area contributed by atoms with Crippen LogP contribution < -0.4 is 5.32 Å². The summed E-state index contributed by atoms with van der Waals surface area (Å²) in [5.41, 5.74) is 1.27. The minimum Gasteiger partial charge on any atom is -0.352 e. The van der Waals surface area contributed by atoms with Gasteiger partial charge in [-0.15, -0.1) is 0 Å². The minimum absolute atomic E-state index is 0.0204. The van der Waals surface area contributed by atoms with Gasteiger partial charge in [0.15, 0.2) is 0 Å². The fourth-order valence-corrected chi connectivity index (χ4v) is 2.61. The molecule has 0 amide bonds. The predicted molar refractivity (Wildman–Crippen MR) is 94.1 cm³/mol. The van der Waals surface area contributed by atoms with Crippen molar-refractivity contribution in [2.75, 3.05) is 5.32 Å². The molecule has 0 fully saturated rings. The van der Waals surface area contributed by atoms with Gasteiger partial charge in [-0.1, -0.05) is 24.3 Å². The largest absolute Gasteiger partial charge is 0.416 e. The standard InChI is InChI=1S/C18H15F3N4O2/c1-24-16(13-3-2-4-15(9-13)25(26)27)11-23-17(24)22-10-12-5-7-14(8-6-12)18(19,20)21/h2-9,11H,10H2,1H3,(H,22,23). The van der Waals surface area contributed by atoms with Gasteiger partial charge in [-0.3, -0.25) is 10.1 Å². The molecule has 2 aromatic carbocycles. The molecule has 140 valence electrons. The quantitative estimate of drug-likeness (QED) is 0.521. The lowest BCUT2D eigenvalue weighted by Crippen LogP contribution is -2.07. The van der Waals surface area contributed by atoms with Gasteiger partial charge in [-0.25, -0.2) is 4.98 Å². The van der Waals surface area contributed by atoms with Crippen LogP contribution in [0.25, 0.3) is 11.3 Å². The van der Waals surface area contributed by atoms with E-state index in [0.29, 0.717) is 22.8 Å². The van der Waals surface area contributed by atoms with E-state index in [0.717, 1.165) is 12.1 Å². The van der Waals surface area contributed by atoms with Gasteiger partial charge in [0.2, 0.25) is 5.95 Å². The Morgan fingerprint density at radius 1 is 1.19 bits per heavy atom. The summed E-state index contributed by atoms with van der Waals surface area (Å²) >= 11 is 0. The third kappa shape index (κ3) is 4.08. The SMILES string of the molecule is Cn1c(-c2cccc([N+](=O)[O-])c2)cnc1NCc1ccc(C(F)(F)F)cc1. The minimum atomic E-state index is -4.36. The van der Waals surface area contributed by atoms with Gasteiger partial charge in [0.25, 0.3) is 5.69 Å². The lowest BCUT2D eigenvalue weighted by atomic mass is 10.1. The van der Waals surface area contributed by atoms with E-state index in [-0.39, 0.29) is 12.2 Å². The first-order valence-electron chi connectivity index (χ1n) is 7.92. The lowest BCUT2D eigenvalue weighted by Gasteiger charge is -2.10. The summed E-state index contributed by atoms with van der Waals surface area (Å²) in [6, 6.07) is 11.1. The Bertz CT molecular complexity index is 965. The van der Waals surface area contributed by atoms with Crippen molar-refractivity contribution in [2.24, 2.45) is 7.05 Å². The first-order chi connectivity index (χ1) is 12.8. The second-order valence-corrected chi connectivity index (χ2v) is 5.88. The summed E-state index contributed by atoms with van der Waals surface area (Å²) in [6.07, 6.45) is -2.78. The van der Waals surface area contributed by atoms with Crippen LogP contribution in [0, 0.1) is 10.1 Å². The van der Waals surface area contributed by atoms with Crippen LogP contribution >= 0.6 is 0 Å². The molecule has 0 aliphatic rings. The van der Waals surface area contributed by atoms with Crippen molar-refractivity contribution >= 4 is 11.6 Å². The summed E-state index contributed by atoms with van der Waals surface area (Å²) in [5, 5.41) is 14.0. The van der Waals surface area contributed by atoms with E-state index in [1.54, 1.807) is 29.9 Å². The van der Waals surface area contributed by atoms with Gasteiger partial charge in [0.1, 0.15) is 0 Å². The molecule has 3 rings (SSSR count). The van der Waals surface area contributed by atoms with Crippen molar-refractivity contribution < 1.29 is 18.1 Å². The molecule has 9 heteroatoms. The van der Waals surface area contributed by atoms with Crippen molar-refractivity contribution in [2.45, 2.75) is 12.7 Å². The number of nitro benzene ring substituents is 1. The highest BCUT2D eigenvalue weighted by molar-refractivity contribution is 5.64. The van der Waals surface area contributed by atoms with E-state index in [9.17, 15) is 23.3 Å². The smallest absolute Gasteiger partial charge is 0.352 e. The maximum atomic E-state index is 12.6. The van der Waals surface area contributed by atoms with Gasteiger partial charge in [-0.05, 0) is 17.7 Å². The fourth-order valence-electron chi connectivity index (χ4n) is 2.61. The maximum absolute atomic E-state index is 12.6. The van der Waals surface area contributed by atoms with Gasteiger partial charge in [0.05, 0.1) is 22.4 Å². The van der Waals surface area contributed by atoms with Crippen LogP contribution in [-0.2, 0) is 19.8 Å². The van der Waals surface area contributed by atoms with Crippen LogP contribution in [0.5, 0.6) is 0 Å². The van der Waals surface area contributed by atoms with Crippen molar-refractivity contribution in [3.05, 3.63) is 76.0 Å². The zero-order valence-corrected chi connectivity index (χ0v) is 14.2. The second kappa shape index (κ2) is 7.10.